The van der Waals surface area contributed by atoms with Crippen LogP contribution in [0.15, 0.2) is 59.2 Å². The summed E-state index contributed by atoms with van der Waals surface area (Å²) in [6.45, 7) is 6.24. The van der Waals surface area contributed by atoms with Gasteiger partial charge in [0.1, 0.15) is 5.58 Å². The monoisotopic (exact) mass is 377 g/mol. The second-order valence-electron chi connectivity index (χ2n) is 7.51. The van der Waals surface area contributed by atoms with Crippen molar-refractivity contribution in [3.63, 3.8) is 0 Å². The molecule has 0 unspecified atom stereocenters. The number of furan rings is 1. The van der Waals surface area contributed by atoms with Crippen LogP contribution in [0.25, 0.3) is 22.1 Å². The third kappa shape index (κ3) is 4.43. The largest absolute Gasteiger partial charge is 0.464 e. The Balaban J connectivity index is 1.32. The minimum Gasteiger partial charge on any atom is -0.464 e. The van der Waals surface area contributed by atoms with Crippen molar-refractivity contribution in [2.45, 2.75) is 6.42 Å². The van der Waals surface area contributed by atoms with E-state index in [2.05, 4.69) is 28.2 Å². The number of nitrogens with zero attached hydrogens (tertiary/aromatic N) is 2. The van der Waals surface area contributed by atoms with E-state index in [4.69, 9.17) is 4.42 Å². The highest BCUT2D eigenvalue weighted by Gasteiger charge is 2.13. The number of piperazine rings is 1. The first-order valence-electron chi connectivity index (χ1n) is 9.96. The lowest BCUT2D eigenvalue weighted by atomic mass is 10.0. The predicted octanol–water partition coefficient (Wildman–Crippen LogP) is 3.47. The highest BCUT2D eigenvalue weighted by Crippen LogP contribution is 2.25. The Labute approximate surface area is 165 Å². The summed E-state index contributed by atoms with van der Waals surface area (Å²) in [7, 11) is 2.17. The summed E-state index contributed by atoms with van der Waals surface area (Å²) in [6, 6.07) is 15.8. The zero-order valence-corrected chi connectivity index (χ0v) is 16.4. The molecule has 0 aliphatic carbocycles. The quantitative estimate of drug-likeness (QED) is 0.669. The Kier molecular flexibility index (Phi) is 5.74. The van der Waals surface area contributed by atoms with E-state index in [1.165, 1.54) is 0 Å². The number of carbonyl (C=O) groups is 1. The Morgan fingerprint density at radius 1 is 1.04 bits per heavy atom. The maximum absolute atomic E-state index is 12.5. The lowest BCUT2D eigenvalue weighted by molar-refractivity contribution is 0.0949. The fourth-order valence-electron chi connectivity index (χ4n) is 3.66. The molecule has 0 spiro atoms. The molecule has 2 aromatic carbocycles. The van der Waals surface area contributed by atoms with Gasteiger partial charge in [0.25, 0.3) is 5.91 Å². The molecule has 0 atom stereocenters. The van der Waals surface area contributed by atoms with Crippen LogP contribution < -0.4 is 5.32 Å². The van der Waals surface area contributed by atoms with E-state index in [9.17, 15) is 4.79 Å². The molecule has 0 saturated carbocycles. The van der Waals surface area contributed by atoms with Crippen molar-refractivity contribution in [3.05, 3.63) is 60.4 Å². The van der Waals surface area contributed by atoms with Crippen LogP contribution >= 0.6 is 0 Å². The van der Waals surface area contributed by atoms with Gasteiger partial charge in [-0.3, -0.25) is 4.79 Å². The summed E-state index contributed by atoms with van der Waals surface area (Å²) in [5, 5.41) is 4.13. The molecule has 3 aromatic rings. The van der Waals surface area contributed by atoms with Crippen LogP contribution in [-0.4, -0.2) is 62.0 Å². The predicted molar refractivity (Wildman–Crippen MR) is 113 cm³/mol. The molecule has 28 heavy (non-hydrogen) atoms. The van der Waals surface area contributed by atoms with Gasteiger partial charge in [0.15, 0.2) is 0 Å². The second kappa shape index (κ2) is 8.59. The Morgan fingerprint density at radius 2 is 1.86 bits per heavy atom. The highest BCUT2D eigenvalue weighted by atomic mass is 16.3. The first kappa shape index (κ1) is 18.7. The first-order valence-corrected chi connectivity index (χ1v) is 9.96. The number of rotatable bonds is 6. The van der Waals surface area contributed by atoms with Gasteiger partial charge >= 0.3 is 0 Å². The van der Waals surface area contributed by atoms with Gasteiger partial charge in [-0.15, -0.1) is 0 Å². The normalized spacial score (nSPS) is 15.8. The van der Waals surface area contributed by atoms with Crippen molar-refractivity contribution in [2.24, 2.45) is 0 Å². The van der Waals surface area contributed by atoms with E-state index < -0.39 is 0 Å². The Hall–Kier alpha value is -2.63. The van der Waals surface area contributed by atoms with Gasteiger partial charge in [-0.1, -0.05) is 18.2 Å². The van der Waals surface area contributed by atoms with E-state index in [0.29, 0.717) is 12.1 Å². The summed E-state index contributed by atoms with van der Waals surface area (Å²) >= 11 is 0. The standard InChI is InChI=1S/C23H27N3O2/c1-25-11-13-26(14-12-25)10-3-9-24-23(27)21-5-2-4-18(17-21)19-6-7-22-20(16-19)8-15-28-22/h2,4-8,15-17H,3,9-14H2,1H3,(H,24,27). The number of likely N-dealkylation sites (N-methyl/N-ethyl adjacent to an activating group) is 1. The zero-order valence-electron chi connectivity index (χ0n) is 16.4. The number of fused-ring (bicyclic) bond motifs is 1. The average Bonchev–Trinajstić information content (AvgIpc) is 3.20. The molecule has 1 saturated heterocycles. The Bertz CT molecular complexity index is 942. The van der Waals surface area contributed by atoms with Crippen molar-refractivity contribution in [3.8, 4) is 11.1 Å². The second-order valence-corrected chi connectivity index (χ2v) is 7.51. The molecule has 0 radical (unpaired) electrons. The molecular formula is C23H27N3O2. The maximum Gasteiger partial charge on any atom is 0.251 e. The molecule has 1 aliphatic rings. The average molecular weight is 377 g/mol. The molecule has 4 rings (SSSR count). The van der Waals surface area contributed by atoms with E-state index >= 15 is 0 Å². The molecular weight excluding hydrogens is 350 g/mol. The van der Waals surface area contributed by atoms with Gasteiger partial charge in [0.2, 0.25) is 0 Å². The summed E-state index contributed by atoms with van der Waals surface area (Å²) < 4.78 is 5.40. The fourth-order valence-corrected chi connectivity index (χ4v) is 3.66. The summed E-state index contributed by atoms with van der Waals surface area (Å²) in [5.41, 5.74) is 3.69. The fraction of sp³-hybridized carbons (Fsp3) is 0.348. The van der Waals surface area contributed by atoms with Gasteiger partial charge in [-0.05, 0) is 61.5 Å². The van der Waals surface area contributed by atoms with E-state index in [0.717, 1.165) is 61.2 Å². The molecule has 5 heteroatoms. The molecule has 1 amide bonds. The lowest BCUT2D eigenvalue weighted by Gasteiger charge is -2.32. The van der Waals surface area contributed by atoms with Crippen LogP contribution in [0.1, 0.15) is 16.8 Å². The third-order valence-corrected chi connectivity index (χ3v) is 5.44. The van der Waals surface area contributed by atoms with Crippen molar-refractivity contribution >= 4 is 16.9 Å². The molecule has 1 fully saturated rings. The van der Waals surface area contributed by atoms with Crippen molar-refractivity contribution in [1.29, 1.82) is 0 Å². The van der Waals surface area contributed by atoms with E-state index in [1.54, 1.807) is 6.26 Å². The number of amides is 1. The summed E-state index contributed by atoms with van der Waals surface area (Å²) in [4.78, 5) is 17.4. The van der Waals surface area contributed by atoms with Gasteiger partial charge in [0.05, 0.1) is 6.26 Å². The SMILES string of the molecule is CN1CCN(CCCNC(=O)c2cccc(-c3ccc4occc4c3)c2)CC1. The van der Waals surface area contributed by atoms with Crippen LogP contribution in [0.5, 0.6) is 0 Å². The van der Waals surface area contributed by atoms with E-state index in [-0.39, 0.29) is 5.91 Å². The number of hydrogen-bond donors (Lipinski definition) is 1. The maximum atomic E-state index is 12.5. The van der Waals surface area contributed by atoms with Crippen LogP contribution in [0.2, 0.25) is 0 Å². The molecule has 146 valence electrons. The van der Waals surface area contributed by atoms with Gasteiger partial charge in [-0.2, -0.15) is 0 Å². The van der Waals surface area contributed by atoms with Crippen molar-refractivity contribution in [1.82, 2.24) is 15.1 Å². The first-order chi connectivity index (χ1) is 13.7. The van der Waals surface area contributed by atoms with Crippen LogP contribution in [0, 0.1) is 0 Å². The molecule has 1 aromatic heterocycles. The third-order valence-electron chi connectivity index (χ3n) is 5.44. The number of nitrogens with one attached hydrogen (secondary N) is 1. The van der Waals surface area contributed by atoms with E-state index in [1.807, 2.05) is 42.5 Å². The van der Waals surface area contributed by atoms with Gasteiger partial charge < -0.3 is 19.5 Å². The van der Waals surface area contributed by atoms with Crippen molar-refractivity contribution < 1.29 is 9.21 Å². The minimum atomic E-state index is -0.00961. The number of hydrogen-bond acceptors (Lipinski definition) is 4. The van der Waals surface area contributed by atoms with Gasteiger partial charge in [0, 0.05) is 43.7 Å². The van der Waals surface area contributed by atoms with Crippen molar-refractivity contribution in [2.75, 3.05) is 46.3 Å². The molecule has 0 bridgehead atoms. The summed E-state index contributed by atoms with van der Waals surface area (Å²) in [5.74, 6) is -0.00961. The molecule has 1 aliphatic heterocycles. The van der Waals surface area contributed by atoms with Crippen LogP contribution in [0.4, 0.5) is 0 Å². The van der Waals surface area contributed by atoms with Crippen LogP contribution in [0.3, 0.4) is 0 Å². The number of benzene rings is 2. The topological polar surface area (TPSA) is 48.7 Å². The highest BCUT2D eigenvalue weighted by molar-refractivity contribution is 5.95. The molecule has 1 N–H and O–H groups in total. The molecule has 5 nitrogen and oxygen atoms in total. The van der Waals surface area contributed by atoms with Crippen LogP contribution in [-0.2, 0) is 0 Å². The lowest BCUT2D eigenvalue weighted by Crippen LogP contribution is -2.45. The zero-order chi connectivity index (χ0) is 19.3. The number of carbonyl (C=O) groups excluding carboxylic acids is 1. The summed E-state index contributed by atoms with van der Waals surface area (Å²) in [6.07, 6.45) is 2.67. The minimum absolute atomic E-state index is 0.00961. The van der Waals surface area contributed by atoms with Gasteiger partial charge in [-0.25, -0.2) is 0 Å². The smallest absolute Gasteiger partial charge is 0.251 e. The molecule has 2 heterocycles. The Morgan fingerprint density at radius 3 is 2.71 bits per heavy atom.